The molecule has 1 unspecified atom stereocenters. The van der Waals surface area contributed by atoms with Crippen LogP contribution in [0.2, 0.25) is 0 Å². The third-order valence-electron chi connectivity index (χ3n) is 3.32. The molecule has 0 amide bonds. The zero-order valence-corrected chi connectivity index (χ0v) is 11.4. The molecule has 7 nitrogen and oxygen atoms in total. The number of nitro benzene ring substituents is 1. The van der Waals surface area contributed by atoms with Gasteiger partial charge in [0.15, 0.2) is 0 Å². The third kappa shape index (κ3) is 3.67. The summed E-state index contributed by atoms with van der Waals surface area (Å²) in [6.45, 7) is 3.73. The molecule has 0 aliphatic carbocycles. The van der Waals surface area contributed by atoms with Gasteiger partial charge in [-0.15, -0.1) is 0 Å². The Morgan fingerprint density at radius 3 is 2.60 bits per heavy atom. The fourth-order valence-electron chi connectivity index (χ4n) is 1.83. The normalized spacial score (nSPS) is 13.6. The Labute approximate surface area is 116 Å². The average Bonchev–Trinajstić information content (AvgIpc) is 2.38. The predicted octanol–water partition coefficient (Wildman–Crippen LogP) is 2.26. The number of hydrogen-bond acceptors (Lipinski definition) is 5. The van der Waals surface area contributed by atoms with Gasteiger partial charge < -0.3 is 15.5 Å². The van der Waals surface area contributed by atoms with Crippen LogP contribution in [0.25, 0.3) is 0 Å². The zero-order chi connectivity index (χ0) is 15.3. The Morgan fingerprint density at radius 1 is 1.50 bits per heavy atom. The van der Waals surface area contributed by atoms with Crippen molar-refractivity contribution < 1.29 is 19.9 Å². The summed E-state index contributed by atoms with van der Waals surface area (Å²) in [6.07, 6.45) is 1.11. The van der Waals surface area contributed by atoms with Gasteiger partial charge >= 0.3 is 5.97 Å². The third-order valence-corrected chi connectivity index (χ3v) is 3.32. The average molecular weight is 282 g/mol. The molecule has 110 valence electrons. The molecule has 1 aromatic carbocycles. The molecule has 1 aromatic rings. The summed E-state index contributed by atoms with van der Waals surface area (Å²) in [4.78, 5) is 21.3. The standard InChI is InChI=1S/C13H18N2O5/c1-3-13(2,6-7-16)14-11-5-4-9(15(19)20)8-10(11)12(17)18/h4-5,8,14,16H,3,6-7H2,1-2H3,(H,17,18). The number of carbonyl (C=O) groups is 1. The van der Waals surface area contributed by atoms with Crippen molar-refractivity contribution in [3.63, 3.8) is 0 Å². The number of nitrogens with one attached hydrogen (secondary N) is 1. The second-order valence-electron chi connectivity index (χ2n) is 4.80. The van der Waals surface area contributed by atoms with Crippen LogP contribution in [0, 0.1) is 10.1 Å². The number of benzene rings is 1. The van der Waals surface area contributed by atoms with Crippen LogP contribution in [0.3, 0.4) is 0 Å². The molecule has 0 heterocycles. The van der Waals surface area contributed by atoms with Crippen molar-refractivity contribution in [2.24, 2.45) is 0 Å². The SMILES string of the molecule is CCC(C)(CCO)Nc1ccc([N+](=O)[O-])cc1C(=O)O. The summed E-state index contributed by atoms with van der Waals surface area (Å²) in [6, 6.07) is 3.66. The van der Waals surface area contributed by atoms with Gasteiger partial charge in [0.2, 0.25) is 0 Å². The van der Waals surface area contributed by atoms with Crippen LogP contribution < -0.4 is 5.32 Å². The number of nitro groups is 1. The van der Waals surface area contributed by atoms with Crippen molar-refractivity contribution in [1.82, 2.24) is 0 Å². The number of aliphatic hydroxyl groups excluding tert-OH is 1. The first-order valence-electron chi connectivity index (χ1n) is 6.23. The summed E-state index contributed by atoms with van der Waals surface area (Å²) in [5.41, 5.74) is -0.597. The van der Waals surface area contributed by atoms with Gasteiger partial charge in [-0.3, -0.25) is 10.1 Å². The highest BCUT2D eigenvalue weighted by Gasteiger charge is 2.24. The van der Waals surface area contributed by atoms with E-state index in [0.29, 0.717) is 18.5 Å². The summed E-state index contributed by atoms with van der Waals surface area (Å²) in [7, 11) is 0. The van der Waals surface area contributed by atoms with Crippen molar-refractivity contribution in [1.29, 1.82) is 0 Å². The number of rotatable bonds is 7. The van der Waals surface area contributed by atoms with E-state index in [1.165, 1.54) is 12.1 Å². The molecule has 0 bridgehead atoms. The fourth-order valence-corrected chi connectivity index (χ4v) is 1.83. The highest BCUT2D eigenvalue weighted by atomic mass is 16.6. The molecule has 0 spiro atoms. The van der Waals surface area contributed by atoms with Gasteiger partial charge in [-0.05, 0) is 25.8 Å². The second kappa shape index (κ2) is 6.33. The second-order valence-corrected chi connectivity index (χ2v) is 4.80. The number of carboxylic acid groups (broad SMARTS) is 1. The van der Waals surface area contributed by atoms with E-state index in [-0.39, 0.29) is 17.9 Å². The van der Waals surface area contributed by atoms with Gasteiger partial charge in [0.25, 0.3) is 5.69 Å². The van der Waals surface area contributed by atoms with Crippen LogP contribution in [0.15, 0.2) is 18.2 Å². The van der Waals surface area contributed by atoms with Crippen LogP contribution in [0.1, 0.15) is 37.0 Å². The van der Waals surface area contributed by atoms with Crippen LogP contribution in [-0.2, 0) is 0 Å². The predicted molar refractivity (Wildman–Crippen MR) is 74.1 cm³/mol. The Kier molecular flexibility index (Phi) is 5.04. The Hall–Kier alpha value is -2.15. The summed E-state index contributed by atoms with van der Waals surface area (Å²) in [5.74, 6) is -1.24. The van der Waals surface area contributed by atoms with Crippen molar-refractivity contribution in [2.75, 3.05) is 11.9 Å². The van der Waals surface area contributed by atoms with E-state index >= 15 is 0 Å². The largest absolute Gasteiger partial charge is 0.478 e. The lowest BCUT2D eigenvalue weighted by molar-refractivity contribution is -0.384. The van der Waals surface area contributed by atoms with Gasteiger partial charge in [-0.25, -0.2) is 4.79 Å². The molecule has 0 aliphatic heterocycles. The molecule has 1 rings (SSSR count). The van der Waals surface area contributed by atoms with Crippen LogP contribution in [0.4, 0.5) is 11.4 Å². The Balaban J connectivity index is 3.17. The minimum absolute atomic E-state index is 0.0350. The first-order chi connectivity index (χ1) is 9.33. The minimum atomic E-state index is -1.24. The van der Waals surface area contributed by atoms with Crippen molar-refractivity contribution in [3.05, 3.63) is 33.9 Å². The summed E-state index contributed by atoms with van der Waals surface area (Å²) >= 11 is 0. The minimum Gasteiger partial charge on any atom is -0.478 e. The Bertz CT molecular complexity index is 517. The van der Waals surface area contributed by atoms with Crippen molar-refractivity contribution >= 4 is 17.3 Å². The number of hydrogen-bond donors (Lipinski definition) is 3. The smallest absolute Gasteiger partial charge is 0.338 e. The van der Waals surface area contributed by atoms with E-state index in [0.717, 1.165) is 6.07 Å². The number of anilines is 1. The lowest BCUT2D eigenvalue weighted by atomic mass is 9.94. The van der Waals surface area contributed by atoms with Crippen molar-refractivity contribution in [2.45, 2.75) is 32.2 Å². The molecule has 0 aromatic heterocycles. The molecule has 0 aliphatic rings. The summed E-state index contributed by atoms with van der Waals surface area (Å²) < 4.78 is 0. The first kappa shape index (κ1) is 15.9. The molecular formula is C13H18N2O5. The number of aliphatic hydroxyl groups is 1. The molecule has 0 saturated carbocycles. The Morgan fingerprint density at radius 2 is 2.15 bits per heavy atom. The van der Waals surface area contributed by atoms with E-state index in [9.17, 15) is 14.9 Å². The lowest BCUT2D eigenvalue weighted by Gasteiger charge is -2.30. The molecule has 1 atom stereocenters. The quantitative estimate of drug-likeness (QED) is 0.522. The van der Waals surface area contributed by atoms with E-state index < -0.39 is 16.4 Å². The molecule has 0 radical (unpaired) electrons. The summed E-state index contributed by atoms with van der Waals surface area (Å²) in [5, 5.41) is 32.0. The van der Waals surface area contributed by atoms with Gasteiger partial charge in [0, 0.05) is 30.0 Å². The maximum absolute atomic E-state index is 11.2. The van der Waals surface area contributed by atoms with E-state index in [2.05, 4.69) is 5.32 Å². The first-order valence-corrected chi connectivity index (χ1v) is 6.23. The van der Waals surface area contributed by atoms with Gasteiger partial charge in [-0.1, -0.05) is 6.92 Å². The maximum Gasteiger partial charge on any atom is 0.338 e. The monoisotopic (exact) mass is 282 g/mol. The molecule has 0 fully saturated rings. The maximum atomic E-state index is 11.2. The van der Waals surface area contributed by atoms with E-state index in [1.807, 2.05) is 13.8 Å². The number of aromatic carboxylic acids is 1. The van der Waals surface area contributed by atoms with Gasteiger partial charge in [0.05, 0.1) is 10.5 Å². The topological polar surface area (TPSA) is 113 Å². The number of non-ortho nitro benzene ring substituents is 1. The van der Waals surface area contributed by atoms with Crippen LogP contribution in [-0.4, -0.2) is 33.3 Å². The van der Waals surface area contributed by atoms with Crippen LogP contribution >= 0.6 is 0 Å². The zero-order valence-electron chi connectivity index (χ0n) is 11.4. The molecule has 20 heavy (non-hydrogen) atoms. The molecular weight excluding hydrogens is 264 g/mol. The van der Waals surface area contributed by atoms with Crippen LogP contribution in [0.5, 0.6) is 0 Å². The van der Waals surface area contributed by atoms with Gasteiger partial charge in [-0.2, -0.15) is 0 Å². The number of nitrogens with zero attached hydrogens (tertiary/aromatic N) is 1. The van der Waals surface area contributed by atoms with E-state index in [4.69, 9.17) is 10.2 Å². The van der Waals surface area contributed by atoms with Gasteiger partial charge in [0.1, 0.15) is 0 Å². The molecule has 0 saturated heterocycles. The fraction of sp³-hybridized carbons (Fsp3) is 0.462. The van der Waals surface area contributed by atoms with Crippen molar-refractivity contribution in [3.8, 4) is 0 Å². The highest BCUT2D eigenvalue weighted by molar-refractivity contribution is 5.95. The lowest BCUT2D eigenvalue weighted by Crippen LogP contribution is -2.35. The molecule has 7 heteroatoms. The number of carboxylic acids is 1. The highest BCUT2D eigenvalue weighted by Crippen LogP contribution is 2.27. The molecule has 3 N–H and O–H groups in total. The van der Waals surface area contributed by atoms with E-state index in [1.54, 1.807) is 0 Å².